The van der Waals surface area contributed by atoms with Gasteiger partial charge in [-0.25, -0.2) is 9.37 Å². The van der Waals surface area contributed by atoms with Crippen molar-refractivity contribution in [2.75, 3.05) is 5.73 Å². The van der Waals surface area contributed by atoms with Crippen molar-refractivity contribution in [2.24, 2.45) is 0 Å². The van der Waals surface area contributed by atoms with Crippen LogP contribution in [0.15, 0.2) is 42.6 Å². The first-order valence-corrected chi connectivity index (χ1v) is 4.89. The number of hydrogen-bond donors (Lipinski definition) is 1. The van der Waals surface area contributed by atoms with E-state index in [0.717, 1.165) is 11.1 Å². The standard InChI is InChI=1S/C13H11FN2/c14-12-5-3-10(4-6-12)1-2-11-7-8-16-13(15)9-11/h1-9H,(H2,15,16)/b2-1-. The second-order valence-electron chi connectivity index (χ2n) is 3.40. The molecule has 80 valence electrons. The molecule has 2 aromatic rings. The van der Waals surface area contributed by atoms with Crippen molar-refractivity contribution in [1.29, 1.82) is 0 Å². The molecule has 2 nitrogen and oxygen atoms in total. The average Bonchev–Trinajstić information content (AvgIpc) is 2.28. The number of nitrogens with zero attached hydrogens (tertiary/aromatic N) is 1. The van der Waals surface area contributed by atoms with Crippen molar-refractivity contribution in [2.45, 2.75) is 0 Å². The highest BCUT2D eigenvalue weighted by Crippen LogP contribution is 2.10. The maximum Gasteiger partial charge on any atom is 0.123 e. The van der Waals surface area contributed by atoms with Gasteiger partial charge in [0.2, 0.25) is 0 Å². The minimum Gasteiger partial charge on any atom is -0.384 e. The Hall–Kier alpha value is -2.16. The van der Waals surface area contributed by atoms with Gasteiger partial charge < -0.3 is 5.73 Å². The van der Waals surface area contributed by atoms with Crippen LogP contribution in [0.3, 0.4) is 0 Å². The lowest BCUT2D eigenvalue weighted by molar-refractivity contribution is 0.628. The molecule has 0 spiro atoms. The fourth-order valence-corrected chi connectivity index (χ4v) is 1.34. The molecule has 3 heteroatoms. The summed E-state index contributed by atoms with van der Waals surface area (Å²) >= 11 is 0. The van der Waals surface area contributed by atoms with E-state index >= 15 is 0 Å². The van der Waals surface area contributed by atoms with Crippen LogP contribution in [0.2, 0.25) is 0 Å². The molecule has 1 aromatic heterocycles. The van der Waals surface area contributed by atoms with E-state index in [-0.39, 0.29) is 5.82 Å². The topological polar surface area (TPSA) is 38.9 Å². The molecule has 2 N–H and O–H groups in total. The van der Waals surface area contributed by atoms with Crippen LogP contribution in [-0.2, 0) is 0 Å². The van der Waals surface area contributed by atoms with Crippen LogP contribution in [0, 0.1) is 5.82 Å². The number of benzene rings is 1. The number of aromatic nitrogens is 1. The quantitative estimate of drug-likeness (QED) is 0.834. The predicted octanol–water partition coefficient (Wildman–Crippen LogP) is 2.97. The maximum atomic E-state index is 12.7. The largest absolute Gasteiger partial charge is 0.384 e. The molecule has 16 heavy (non-hydrogen) atoms. The summed E-state index contributed by atoms with van der Waals surface area (Å²) in [4.78, 5) is 3.90. The van der Waals surface area contributed by atoms with Gasteiger partial charge in [-0.1, -0.05) is 24.3 Å². The van der Waals surface area contributed by atoms with Gasteiger partial charge in [-0.05, 0) is 35.4 Å². The third-order valence-corrected chi connectivity index (χ3v) is 2.14. The zero-order chi connectivity index (χ0) is 11.4. The van der Waals surface area contributed by atoms with Crippen LogP contribution in [0.5, 0.6) is 0 Å². The van der Waals surface area contributed by atoms with Crippen LogP contribution >= 0.6 is 0 Å². The summed E-state index contributed by atoms with van der Waals surface area (Å²) in [6, 6.07) is 9.93. The van der Waals surface area contributed by atoms with Crippen molar-refractivity contribution in [3.05, 3.63) is 59.5 Å². The maximum absolute atomic E-state index is 12.7. The van der Waals surface area contributed by atoms with E-state index in [2.05, 4.69) is 4.98 Å². The van der Waals surface area contributed by atoms with Crippen LogP contribution in [0.4, 0.5) is 10.2 Å². The number of rotatable bonds is 2. The van der Waals surface area contributed by atoms with Crippen molar-refractivity contribution in [1.82, 2.24) is 4.98 Å². The van der Waals surface area contributed by atoms with Crippen LogP contribution in [-0.4, -0.2) is 4.98 Å². The van der Waals surface area contributed by atoms with E-state index in [0.29, 0.717) is 5.82 Å². The van der Waals surface area contributed by atoms with E-state index in [1.807, 2.05) is 18.2 Å². The zero-order valence-corrected chi connectivity index (χ0v) is 8.60. The van der Waals surface area contributed by atoms with Gasteiger partial charge in [0.15, 0.2) is 0 Å². The van der Waals surface area contributed by atoms with Gasteiger partial charge in [-0.2, -0.15) is 0 Å². The number of anilines is 1. The molecule has 0 bridgehead atoms. The highest BCUT2D eigenvalue weighted by atomic mass is 19.1. The fourth-order valence-electron chi connectivity index (χ4n) is 1.34. The van der Waals surface area contributed by atoms with Gasteiger partial charge in [0, 0.05) is 6.20 Å². The Balaban J connectivity index is 2.18. The summed E-state index contributed by atoms with van der Waals surface area (Å²) in [5.41, 5.74) is 7.46. The second-order valence-corrected chi connectivity index (χ2v) is 3.40. The molecule has 0 aliphatic carbocycles. The monoisotopic (exact) mass is 214 g/mol. The molecule has 0 saturated carbocycles. The van der Waals surface area contributed by atoms with Gasteiger partial charge in [0.05, 0.1) is 0 Å². The van der Waals surface area contributed by atoms with Gasteiger partial charge in [0.1, 0.15) is 11.6 Å². The van der Waals surface area contributed by atoms with Gasteiger partial charge >= 0.3 is 0 Å². The third kappa shape index (κ3) is 2.67. The van der Waals surface area contributed by atoms with Crippen molar-refractivity contribution in [3.8, 4) is 0 Å². The van der Waals surface area contributed by atoms with Crippen LogP contribution in [0.1, 0.15) is 11.1 Å². The highest BCUT2D eigenvalue weighted by Gasteiger charge is 1.91. The minimum absolute atomic E-state index is 0.231. The van der Waals surface area contributed by atoms with Gasteiger partial charge in [-0.3, -0.25) is 0 Å². The molecule has 0 aliphatic heterocycles. The molecule has 1 aromatic carbocycles. The number of nitrogens with two attached hydrogens (primary N) is 1. The molecular formula is C13H11FN2. The molecular weight excluding hydrogens is 203 g/mol. The van der Waals surface area contributed by atoms with Crippen molar-refractivity contribution < 1.29 is 4.39 Å². The van der Waals surface area contributed by atoms with Crippen LogP contribution < -0.4 is 5.73 Å². The van der Waals surface area contributed by atoms with E-state index < -0.39 is 0 Å². The first kappa shape index (κ1) is 10.4. The molecule has 0 saturated heterocycles. The lowest BCUT2D eigenvalue weighted by Gasteiger charge is -1.95. The predicted molar refractivity (Wildman–Crippen MR) is 64.0 cm³/mol. The number of pyridine rings is 1. The minimum atomic E-state index is -0.231. The molecule has 0 aliphatic rings. The number of hydrogen-bond acceptors (Lipinski definition) is 2. The Kier molecular flexibility index (Phi) is 2.96. The molecule has 0 amide bonds. The third-order valence-electron chi connectivity index (χ3n) is 2.14. The van der Waals surface area contributed by atoms with Crippen LogP contribution in [0.25, 0.3) is 12.2 Å². The average molecular weight is 214 g/mol. The van der Waals surface area contributed by atoms with E-state index in [1.54, 1.807) is 24.4 Å². The van der Waals surface area contributed by atoms with E-state index in [1.165, 1.54) is 12.1 Å². The summed E-state index contributed by atoms with van der Waals surface area (Å²) in [6.45, 7) is 0. The van der Waals surface area contributed by atoms with Crippen molar-refractivity contribution >= 4 is 18.0 Å². The number of nitrogen functional groups attached to an aromatic ring is 1. The molecule has 0 fully saturated rings. The SMILES string of the molecule is Nc1cc(/C=C\c2ccc(F)cc2)ccn1. The molecule has 0 radical (unpaired) electrons. The van der Waals surface area contributed by atoms with Gasteiger partial charge in [0.25, 0.3) is 0 Å². The first-order chi connectivity index (χ1) is 7.74. The zero-order valence-electron chi connectivity index (χ0n) is 8.60. The lowest BCUT2D eigenvalue weighted by Crippen LogP contribution is -1.88. The normalized spacial score (nSPS) is 10.8. The summed E-state index contributed by atoms with van der Waals surface area (Å²) in [7, 11) is 0. The smallest absolute Gasteiger partial charge is 0.123 e. The Labute approximate surface area is 93.3 Å². The summed E-state index contributed by atoms with van der Waals surface area (Å²) < 4.78 is 12.7. The Morgan fingerprint density at radius 3 is 2.38 bits per heavy atom. The first-order valence-electron chi connectivity index (χ1n) is 4.89. The highest BCUT2D eigenvalue weighted by molar-refractivity contribution is 5.70. The van der Waals surface area contributed by atoms with Gasteiger partial charge in [-0.15, -0.1) is 0 Å². The Morgan fingerprint density at radius 1 is 1.00 bits per heavy atom. The van der Waals surface area contributed by atoms with Crippen molar-refractivity contribution in [3.63, 3.8) is 0 Å². The summed E-state index contributed by atoms with van der Waals surface area (Å²) in [5.74, 6) is 0.256. The molecule has 0 atom stereocenters. The fraction of sp³-hybridized carbons (Fsp3) is 0. The number of halogens is 1. The molecule has 0 unspecified atom stereocenters. The Bertz CT molecular complexity index is 504. The Morgan fingerprint density at radius 2 is 1.69 bits per heavy atom. The lowest BCUT2D eigenvalue weighted by atomic mass is 10.1. The molecule has 2 rings (SSSR count). The van der Waals surface area contributed by atoms with E-state index in [9.17, 15) is 4.39 Å². The summed E-state index contributed by atoms with van der Waals surface area (Å²) in [5, 5.41) is 0. The second kappa shape index (κ2) is 4.57. The summed E-state index contributed by atoms with van der Waals surface area (Å²) in [6.07, 6.45) is 5.46. The molecule has 1 heterocycles. The van der Waals surface area contributed by atoms with E-state index in [4.69, 9.17) is 5.73 Å².